The Morgan fingerprint density at radius 1 is 1.08 bits per heavy atom. The zero-order valence-corrected chi connectivity index (χ0v) is 16.0. The van der Waals surface area contributed by atoms with Gasteiger partial charge in [-0.1, -0.05) is 0 Å². The van der Waals surface area contributed by atoms with Crippen LogP contribution in [0.1, 0.15) is 11.4 Å². The molecule has 9 heteroatoms. The van der Waals surface area contributed by atoms with Gasteiger partial charge in [-0.2, -0.15) is 15.0 Å². The number of aryl methyl sites for hydroxylation is 1. The molecule has 0 bridgehead atoms. The van der Waals surface area contributed by atoms with Gasteiger partial charge in [-0.3, -0.25) is 0 Å². The molecule has 9 nitrogen and oxygen atoms in total. The molecule has 0 radical (unpaired) electrons. The lowest BCUT2D eigenvalue weighted by molar-refractivity contribution is 0.251. The normalized spacial score (nSPS) is 10.2. The Morgan fingerprint density at radius 2 is 1.69 bits per heavy atom. The molecule has 140 valence electrons. The fourth-order valence-corrected chi connectivity index (χ4v) is 2.10. The maximum atomic E-state index is 12.2. The zero-order valence-electron chi connectivity index (χ0n) is 16.0. The molecule has 0 spiro atoms. The second kappa shape index (κ2) is 8.32. The summed E-state index contributed by atoms with van der Waals surface area (Å²) in [7, 11) is 9.01. The van der Waals surface area contributed by atoms with E-state index in [0.29, 0.717) is 23.4 Å². The van der Waals surface area contributed by atoms with Crippen LogP contribution in [0.25, 0.3) is 0 Å². The van der Waals surface area contributed by atoms with E-state index in [2.05, 4.69) is 25.6 Å². The summed E-state index contributed by atoms with van der Waals surface area (Å²) in [4.78, 5) is 28.8. The lowest BCUT2D eigenvalue weighted by Crippen LogP contribution is -2.30. The van der Waals surface area contributed by atoms with Crippen LogP contribution in [0.2, 0.25) is 0 Å². The average molecular weight is 359 g/mol. The van der Waals surface area contributed by atoms with E-state index in [4.69, 9.17) is 4.74 Å². The number of hydrogen-bond acceptors (Lipinski definition) is 7. The third kappa shape index (κ3) is 4.95. The largest absolute Gasteiger partial charge is 0.497 e. The Morgan fingerprint density at radius 3 is 2.19 bits per heavy atom. The molecule has 0 aliphatic heterocycles. The third-order valence-corrected chi connectivity index (χ3v) is 3.55. The van der Waals surface area contributed by atoms with Crippen molar-refractivity contribution in [3.8, 4) is 5.75 Å². The molecule has 2 N–H and O–H groups in total. The van der Waals surface area contributed by atoms with E-state index in [9.17, 15) is 4.79 Å². The molecule has 2 aromatic rings. The highest BCUT2D eigenvalue weighted by Crippen LogP contribution is 2.20. The number of rotatable bonds is 6. The average Bonchev–Trinajstić information content (AvgIpc) is 2.61. The highest BCUT2D eigenvalue weighted by molar-refractivity contribution is 5.90. The Balaban J connectivity index is 2.05. The van der Waals surface area contributed by atoms with Crippen molar-refractivity contribution in [1.29, 1.82) is 0 Å². The first-order valence-corrected chi connectivity index (χ1v) is 8.09. The first-order chi connectivity index (χ1) is 12.3. The quantitative estimate of drug-likeness (QED) is 0.809. The number of amides is 2. The van der Waals surface area contributed by atoms with Crippen molar-refractivity contribution in [2.75, 3.05) is 50.4 Å². The molecule has 1 heterocycles. The summed E-state index contributed by atoms with van der Waals surface area (Å²) in [6.45, 7) is 2.09. The standard InChI is InChI=1S/C17H25N7O2/c1-11-9-12(26-6)7-8-13(11)19-17(25)18-10-14-20-15(23(2)3)22-16(21-14)24(4)5/h7-9H,10H2,1-6H3,(H2,18,19,25). The number of methoxy groups -OCH3 is 1. The third-order valence-electron chi connectivity index (χ3n) is 3.55. The van der Waals surface area contributed by atoms with Crippen molar-refractivity contribution < 1.29 is 9.53 Å². The number of carbonyl (C=O) groups excluding carboxylic acids is 1. The fraction of sp³-hybridized carbons (Fsp3) is 0.412. The second-order valence-corrected chi connectivity index (χ2v) is 6.13. The zero-order chi connectivity index (χ0) is 19.3. The van der Waals surface area contributed by atoms with Gasteiger partial charge in [0.2, 0.25) is 11.9 Å². The highest BCUT2D eigenvalue weighted by Gasteiger charge is 2.11. The summed E-state index contributed by atoms with van der Waals surface area (Å²) in [5.74, 6) is 2.29. The van der Waals surface area contributed by atoms with Gasteiger partial charge in [-0.05, 0) is 30.7 Å². The molecule has 26 heavy (non-hydrogen) atoms. The number of aromatic nitrogens is 3. The first kappa shape index (κ1) is 19.2. The van der Waals surface area contributed by atoms with E-state index in [1.54, 1.807) is 29.0 Å². The number of nitrogens with one attached hydrogen (secondary N) is 2. The van der Waals surface area contributed by atoms with Gasteiger partial charge >= 0.3 is 6.03 Å². The summed E-state index contributed by atoms with van der Waals surface area (Å²) < 4.78 is 5.16. The van der Waals surface area contributed by atoms with Gasteiger partial charge in [0.15, 0.2) is 5.82 Å². The van der Waals surface area contributed by atoms with Gasteiger partial charge < -0.3 is 25.2 Å². The Bertz CT molecular complexity index is 751. The minimum absolute atomic E-state index is 0.186. The van der Waals surface area contributed by atoms with Crippen molar-refractivity contribution in [1.82, 2.24) is 20.3 Å². The van der Waals surface area contributed by atoms with Gasteiger partial charge in [0.05, 0.1) is 13.7 Å². The topological polar surface area (TPSA) is 95.5 Å². The van der Waals surface area contributed by atoms with E-state index in [0.717, 1.165) is 11.3 Å². The van der Waals surface area contributed by atoms with Crippen LogP contribution < -0.4 is 25.2 Å². The summed E-state index contributed by atoms with van der Waals surface area (Å²) >= 11 is 0. The first-order valence-electron chi connectivity index (χ1n) is 8.09. The Hall–Kier alpha value is -3.10. The van der Waals surface area contributed by atoms with Gasteiger partial charge in [-0.15, -0.1) is 0 Å². The highest BCUT2D eigenvalue weighted by atomic mass is 16.5. The number of anilines is 3. The van der Waals surface area contributed by atoms with Crippen molar-refractivity contribution in [3.63, 3.8) is 0 Å². The van der Waals surface area contributed by atoms with Gasteiger partial charge in [0.25, 0.3) is 0 Å². The number of nitrogens with zero attached hydrogens (tertiary/aromatic N) is 5. The summed E-state index contributed by atoms with van der Waals surface area (Å²) in [6.07, 6.45) is 0. The van der Waals surface area contributed by atoms with E-state index < -0.39 is 0 Å². The molecule has 0 fully saturated rings. The molecular formula is C17H25N7O2. The van der Waals surface area contributed by atoms with Crippen LogP contribution in [-0.4, -0.2) is 56.3 Å². The van der Waals surface area contributed by atoms with Crippen molar-refractivity contribution in [2.24, 2.45) is 0 Å². The molecule has 0 unspecified atom stereocenters. The Kier molecular flexibility index (Phi) is 6.16. The van der Waals surface area contributed by atoms with Crippen LogP contribution in [0.4, 0.5) is 22.4 Å². The molecule has 0 aliphatic rings. The van der Waals surface area contributed by atoms with Crippen LogP contribution in [0.3, 0.4) is 0 Å². The predicted molar refractivity (Wildman–Crippen MR) is 102 cm³/mol. The number of hydrogen-bond donors (Lipinski definition) is 2. The fourth-order valence-electron chi connectivity index (χ4n) is 2.10. The van der Waals surface area contributed by atoms with Gasteiger partial charge in [0, 0.05) is 33.9 Å². The smallest absolute Gasteiger partial charge is 0.319 e. The molecule has 2 amide bonds. The van der Waals surface area contributed by atoms with E-state index in [1.807, 2.05) is 41.2 Å². The summed E-state index contributed by atoms with van der Waals surface area (Å²) in [6, 6.07) is 5.11. The van der Waals surface area contributed by atoms with Crippen molar-refractivity contribution in [3.05, 3.63) is 29.6 Å². The van der Waals surface area contributed by atoms with Crippen LogP contribution in [0, 0.1) is 6.92 Å². The van der Waals surface area contributed by atoms with Gasteiger partial charge in [0.1, 0.15) is 5.75 Å². The van der Waals surface area contributed by atoms with E-state index >= 15 is 0 Å². The molecule has 1 aromatic heterocycles. The van der Waals surface area contributed by atoms with E-state index in [1.165, 1.54) is 0 Å². The monoisotopic (exact) mass is 359 g/mol. The lowest BCUT2D eigenvalue weighted by Gasteiger charge is -2.16. The summed E-state index contributed by atoms with van der Waals surface area (Å²) in [5.41, 5.74) is 1.62. The number of ether oxygens (including phenoxy) is 1. The van der Waals surface area contributed by atoms with Crippen LogP contribution in [0.15, 0.2) is 18.2 Å². The maximum Gasteiger partial charge on any atom is 0.319 e. The van der Waals surface area contributed by atoms with E-state index in [-0.39, 0.29) is 12.6 Å². The molecule has 0 saturated heterocycles. The second-order valence-electron chi connectivity index (χ2n) is 6.13. The Labute approximate surface area is 153 Å². The number of benzene rings is 1. The minimum Gasteiger partial charge on any atom is -0.497 e. The number of carbonyl (C=O) groups is 1. The minimum atomic E-state index is -0.337. The van der Waals surface area contributed by atoms with Crippen molar-refractivity contribution in [2.45, 2.75) is 13.5 Å². The molecule has 0 saturated carbocycles. The number of urea groups is 1. The maximum absolute atomic E-state index is 12.2. The molecule has 0 atom stereocenters. The molecule has 0 aliphatic carbocycles. The molecule has 1 aromatic carbocycles. The van der Waals surface area contributed by atoms with Crippen LogP contribution in [-0.2, 0) is 6.54 Å². The summed E-state index contributed by atoms with van der Waals surface area (Å²) in [5, 5.41) is 5.57. The van der Waals surface area contributed by atoms with Crippen LogP contribution in [0.5, 0.6) is 5.75 Å². The molecular weight excluding hydrogens is 334 g/mol. The SMILES string of the molecule is COc1ccc(NC(=O)NCc2nc(N(C)C)nc(N(C)C)n2)c(C)c1. The van der Waals surface area contributed by atoms with Gasteiger partial charge in [-0.25, -0.2) is 4.79 Å². The predicted octanol–water partition coefficient (Wildman–Crippen LogP) is 1.64. The molecule has 2 rings (SSSR count). The lowest BCUT2D eigenvalue weighted by atomic mass is 10.2. The van der Waals surface area contributed by atoms with Crippen molar-refractivity contribution >= 4 is 23.6 Å². The van der Waals surface area contributed by atoms with Crippen LogP contribution >= 0.6 is 0 Å².